The van der Waals surface area contributed by atoms with Crippen molar-refractivity contribution in [3.8, 4) is 0 Å². The summed E-state index contributed by atoms with van der Waals surface area (Å²) in [5, 5.41) is 0. The van der Waals surface area contributed by atoms with Crippen molar-refractivity contribution >= 4 is 33.2 Å². The molecule has 0 aromatic heterocycles. The molecule has 1 nitrogen and oxygen atoms in total. The van der Waals surface area contributed by atoms with Gasteiger partial charge in [0.25, 0.3) is 0 Å². The molecule has 1 unspecified atom stereocenters. The molecular weight excluding hydrogens is 249 g/mol. The molecule has 0 aromatic rings. The lowest BCUT2D eigenvalue weighted by molar-refractivity contribution is 0.363. The van der Waals surface area contributed by atoms with Crippen LogP contribution in [0, 0.1) is 11.8 Å². The lowest BCUT2D eigenvalue weighted by atomic mass is 9.84. The molecule has 0 saturated heterocycles. The zero-order valence-corrected chi connectivity index (χ0v) is 11.0. The molecule has 2 atom stereocenters. The highest BCUT2D eigenvalue weighted by molar-refractivity contribution is 9.10. The molecule has 76 valence electrons. The fourth-order valence-electron chi connectivity index (χ4n) is 1.07. The van der Waals surface area contributed by atoms with Crippen molar-refractivity contribution in [1.29, 1.82) is 0 Å². The van der Waals surface area contributed by atoms with Crippen molar-refractivity contribution in [3.63, 3.8) is 0 Å². The molecule has 0 spiro atoms. The zero-order chi connectivity index (χ0) is 10.6. The van der Waals surface area contributed by atoms with Gasteiger partial charge in [-0.2, -0.15) is 0 Å². The van der Waals surface area contributed by atoms with Gasteiger partial charge in [-0.1, -0.05) is 54.9 Å². The van der Waals surface area contributed by atoms with Gasteiger partial charge < -0.3 is 0 Å². The fraction of sp³-hybridized carbons (Fsp3) is 0.700. The molecule has 0 aliphatic carbocycles. The van der Waals surface area contributed by atoms with Gasteiger partial charge in [-0.3, -0.25) is 0 Å². The summed E-state index contributed by atoms with van der Waals surface area (Å²) in [6.07, 6.45) is 0. The Morgan fingerprint density at radius 2 is 2.00 bits per heavy atom. The minimum atomic E-state index is -0.174. The first-order valence-electron chi connectivity index (χ1n) is 4.35. The summed E-state index contributed by atoms with van der Waals surface area (Å²) >= 11 is 9.06. The Hall–Kier alpha value is 0.180. The van der Waals surface area contributed by atoms with Crippen LogP contribution in [0.2, 0.25) is 0 Å². The number of aliphatic imine (C=N–C) groups is 1. The predicted octanol–water partition coefficient (Wildman–Crippen LogP) is 4.21. The fourth-order valence-corrected chi connectivity index (χ4v) is 1.82. The van der Waals surface area contributed by atoms with Gasteiger partial charge in [0.05, 0.1) is 15.7 Å². The van der Waals surface area contributed by atoms with Gasteiger partial charge in [0.1, 0.15) is 0 Å². The van der Waals surface area contributed by atoms with Crippen LogP contribution < -0.4 is 0 Å². The minimum absolute atomic E-state index is 0.174. The van der Waals surface area contributed by atoms with Gasteiger partial charge in [-0.15, -0.1) is 0 Å². The molecule has 0 aromatic carbocycles. The van der Waals surface area contributed by atoms with Gasteiger partial charge >= 0.3 is 0 Å². The molecule has 0 amide bonds. The molecule has 13 heavy (non-hydrogen) atoms. The maximum atomic E-state index is 5.41. The average molecular weight is 267 g/mol. The number of hydrogen-bond acceptors (Lipinski definition) is 1. The van der Waals surface area contributed by atoms with Crippen LogP contribution in [0.25, 0.3) is 0 Å². The van der Waals surface area contributed by atoms with E-state index in [4.69, 9.17) is 11.6 Å². The van der Waals surface area contributed by atoms with Gasteiger partial charge in [-0.25, -0.2) is 4.99 Å². The second-order valence-corrected chi connectivity index (χ2v) is 5.62. The summed E-state index contributed by atoms with van der Waals surface area (Å²) in [6.45, 7) is 12.5. The quantitative estimate of drug-likeness (QED) is 0.534. The number of hydrogen-bond donors (Lipinski definition) is 0. The van der Waals surface area contributed by atoms with E-state index >= 15 is 0 Å². The monoisotopic (exact) mass is 265 g/mol. The zero-order valence-electron chi connectivity index (χ0n) is 8.64. The molecule has 0 bridgehead atoms. The van der Waals surface area contributed by atoms with E-state index in [0.29, 0.717) is 11.8 Å². The van der Waals surface area contributed by atoms with E-state index in [1.54, 1.807) is 0 Å². The topological polar surface area (TPSA) is 12.4 Å². The summed E-state index contributed by atoms with van der Waals surface area (Å²) in [7, 11) is 0. The van der Waals surface area contributed by atoms with Crippen LogP contribution in [0.1, 0.15) is 27.7 Å². The maximum absolute atomic E-state index is 5.41. The van der Waals surface area contributed by atoms with E-state index in [2.05, 4.69) is 55.2 Å². The highest BCUT2D eigenvalue weighted by Crippen LogP contribution is 2.38. The van der Waals surface area contributed by atoms with Gasteiger partial charge in [0.15, 0.2) is 0 Å². The number of rotatable bonds is 4. The second-order valence-electron chi connectivity index (χ2n) is 3.78. The Morgan fingerprint density at radius 1 is 1.54 bits per heavy atom. The summed E-state index contributed by atoms with van der Waals surface area (Å²) in [5.41, 5.74) is 2.03. The standard InChI is InChI=1S/C10H17BrClN/c1-7(2)8(3)10(5,11)9(4)13-6-12/h6-8H,4H2,1-3,5H3/t8-,10?/m1/s1. The van der Waals surface area contributed by atoms with Crippen LogP contribution >= 0.6 is 27.5 Å². The smallest absolute Gasteiger partial charge is 0.0930 e. The van der Waals surface area contributed by atoms with Crippen LogP contribution in [0.5, 0.6) is 0 Å². The number of alkyl halides is 1. The normalized spacial score (nSPS) is 19.0. The molecule has 3 heteroatoms. The van der Waals surface area contributed by atoms with Crippen molar-refractivity contribution in [1.82, 2.24) is 0 Å². The maximum Gasteiger partial charge on any atom is 0.0930 e. The molecular formula is C10H17BrClN. The third-order valence-corrected chi connectivity index (χ3v) is 3.90. The number of halogens is 2. The van der Waals surface area contributed by atoms with Crippen molar-refractivity contribution in [2.45, 2.75) is 32.0 Å². The molecule has 0 N–H and O–H groups in total. The van der Waals surface area contributed by atoms with Gasteiger partial charge in [0, 0.05) is 0 Å². The molecule has 0 rings (SSSR count). The van der Waals surface area contributed by atoms with Gasteiger partial charge in [-0.05, 0) is 18.8 Å². The molecule has 0 fully saturated rings. The van der Waals surface area contributed by atoms with Crippen LogP contribution in [0.3, 0.4) is 0 Å². The third kappa shape index (κ3) is 3.43. The van der Waals surface area contributed by atoms with E-state index in [1.165, 1.54) is 5.67 Å². The van der Waals surface area contributed by atoms with E-state index in [0.717, 1.165) is 5.70 Å². The minimum Gasteiger partial charge on any atom is -0.248 e. The largest absolute Gasteiger partial charge is 0.248 e. The molecule has 0 heterocycles. The van der Waals surface area contributed by atoms with Crippen molar-refractivity contribution in [3.05, 3.63) is 12.3 Å². The van der Waals surface area contributed by atoms with Crippen LogP contribution in [0.4, 0.5) is 0 Å². The summed E-state index contributed by atoms with van der Waals surface area (Å²) in [5.74, 6) is 1.03. The van der Waals surface area contributed by atoms with Crippen molar-refractivity contribution in [2.75, 3.05) is 0 Å². The van der Waals surface area contributed by atoms with Gasteiger partial charge in [0.2, 0.25) is 0 Å². The average Bonchev–Trinajstić information content (AvgIpc) is 2.03. The molecule has 0 saturated carbocycles. The molecule has 0 aliphatic heterocycles. The van der Waals surface area contributed by atoms with E-state index in [-0.39, 0.29) is 4.32 Å². The molecule has 0 radical (unpaired) electrons. The Labute approximate surface area is 94.4 Å². The first kappa shape index (κ1) is 13.2. The van der Waals surface area contributed by atoms with E-state index < -0.39 is 0 Å². The number of allylic oxidation sites excluding steroid dienone is 1. The first-order chi connectivity index (χ1) is 5.84. The van der Waals surface area contributed by atoms with E-state index in [9.17, 15) is 0 Å². The summed E-state index contributed by atoms with van der Waals surface area (Å²) in [4.78, 5) is 4.00. The van der Waals surface area contributed by atoms with Crippen LogP contribution in [-0.4, -0.2) is 10.00 Å². The van der Waals surface area contributed by atoms with E-state index in [1.807, 2.05) is 0 Å². The lowest BCUT2D eigenvalue weighted by Gasteiger charge is -2.32. The first-order valence-corrected chi connectivity index (χ1v) is 5.58. The molecule has 0 aliphatic rings. The van der Waals surface area contributed by atoms with Crippen LogP contribution in [0.15, 0.2) is 17.3 Å². The Bertz CT molecular complexity index is 209. The Morgan fingerprint density at radius 3 is 2.31 bits per heavy atom. The lowest BCUT2D eigenvalue weighted by Crippen LogP contribution is -2.30. The highest BCUT2D eigenvalue weighted by atomic mass is 79.9. The third-order valence-electron chi connectivity index (χ3n) is 2.62. The SMILES string of the molecule is C=C(N=CCl)C(C)(Br)[C@H](C)C(C)C. The number of nitrogens with zero attached hydrogens (tertiary/aromatic N) is 1. The Kier molecular flexibility index (Phi) is 5.23. The summed E-state index contributed by atoms with van der Waals surface area (Å²) in [6, 6.07) is 0. The summed E-state index contributed by atoms with van der Waals surface area (Å²) < 4.78 is -0.174. The highest BCUT2D eigenvalue weighted by Gasteiger charge is 2.32. The van der Waals surface area contributed by atoms with Crippen LogP contribution in [-0.2, 0) is 0 Å². The predicted molar refractivity (Wildman–Crippen MR) is 64.8 cm³/mol. The van der Waals surface area contributed by atoms with Crippen molar-refractivity contribution < 1.29 is 0 Å². The second kappa shape index (κ2) is 5.16. The Balaban J connectivity index is 4.64. The van der Waals surface area contributed by atoms with Crippen molar-refractivity contribution in [2.24, 2.45) is 16.8 Å².